The Morgan fingerprint density at radius 2 is 1.83 bits per heavy atom. The van der Waals surface area contributed by atoms with E-state index in [0.717, 1.165) is 19.0 Å². The van der Waals surface area contributed by atoms with Crippen LogP contribution in [0, 0.1) is 17.8 Å². The largest absolute Gasteiger partial charge is 0.373 e. The Hall–Kier alpha value is -0.0800. The molecular weight excluding hydrogens is 222 g/mol. The lowest BCUT2D eigenvalue weighted by molar-refractivity contribution is -0.0571. The fraction of sp³-hybridized carbons (Fsp3) is 1.00. The first-order chi connectivity index (χ1) is 8.49. The summed E-state index contributed by atoms with van der Waals surface area (Å²) in [5, 5.41) is 3.54. The number of hydrogen-bond acceptors (Lipinski definition) is 2. The van der Waals surface area contributed by atoms with Crippen molar-refractivity contribution in [3.05, 3.63) is 0 Å². The molecule has 0 aliphatic heterocycles. The summed E-state index contributed by atoms with van der Waals surface area (Å²) in [5.74, 6) is 2.16. The Balaban J connectivity index is 2.32. The van der Waals surface area contributed by atoms with E-state index in [1.165, 1.54) is 25.7 Å². The van der Waals surface area contributed by atoms with Crippen LogP contribution in [-0.2, 0) is 4.74 Å². The molecule has 0 bridgehead atoms. The van der Waals surface area contributed by atoms with Gasteiger partial charge in [-0.2, -0.15) is 0 Å². The van der Waals surface area contributed by atoms with Gasteiger partial charge in [0.15, 0.2) is 0 Å². The van der Waals surface area contributed by atoms with Crippen molar-refractivity contribution in [1.29, 1.82) is 0 Å². The van der Waals surface area contributed by atoms with E-state index in [1.807, 2.05) is 0 Å². The molecule has 3 atom stereocenters. The summed E-state index contributed by atoms with van der Waals surface area (Å²) in [4.78, 5) is 0. The highest BCUT2D eigenvalue weighted by Gasteiger charge is 2.24. The predicted molar refractivity (Wildman–Crippen MR) is 78.8 cm³/mol. The molecule has 1 N–H and O–H groups in total. The lowest BCUT2D eigenvalue weighted by Crippen LogP contribution is -2.38. The van der Waals surface area contributed by atoms with Gasteiger partial charge in [-0.1, -0.05) is 47.5 Å². The molecule has 2 nitrogen and oxygen atoms in total. The summed E-state index contributed by atoms with van der Waals surface area (Å²) in [6.07, 6.45) is 6.12. The molecule has 0 heterocycles. The molecule has 1 saturated carbocycles. The van der Waals surface area contributed by atoms with Gasteiger partial charge in [0.25, 0.3) is 0 Å². The molecule has 0 aromatic heterocycles. The second-order valence-corrected chi connectivity index (χ2v) is 6.86. The summed E-state index contributed by atoms with van der Waals surface area (Å²) in [5.41, 5.74) is 0. The summed E-state index contributed by atoms with van der Waals surface area (Å²) >= 11 is 0. The van der Waals surface area contributed by atoms with Gasteiger partial charge in [0.05, 0.1) is 12.2 Å². The van der Waals surface area contributed by atoms with Crippen molar-refractivity contribution in [2.24, 2.45) is 17.8 Å². The smallest absolute Gasteiger partial charge is 0.0726 e. The van der Waals surface area contributed by atoms with E-state index in [4.69, 9.17) is 4.74 Å². The average Bonchev–Trinajstić information content (AvgIpc) is 2.27. The molecule has 0 amide bonds. The summed E-state index contributed by atoms with van der Waals surface area (Å²) in [6, 6.07) is 0. The van der Waals surface area contributed by atoms with Crippen LogP contribution in [0.3, 0.4) is 0 Å². The van der Waals surface area contributed by atoms with E-state index in [9.17, 15) is 0 Å². The summed E-state index contributed by atoms with van der Waals surface area (Å²) in [6.45, 7) is 13.5. The highest BCUT2D eigenvalue weighted by Crippen LogP contribution is 2.27. The van der Waals surface area contributed by atoms with Gasteiger partial charge >= 0.3 is 0 Å². The third-order valence-corrected chi connectivity index (χ3v) is 3.90. The van der Waals surface area contributed by atoms with Gasteiger partial charge in [-0.05, 0) is 37.1 Å². The molecule has 1 aliphatic rings. The highest BCUT2D eigenvalue weighted by atomic mass is 16.5. The Bertz CT molecular complexity index is 215. The van der Waals surface area contributed by atoms with E-state index in [1.54, 1.807) is 0 Å². The maximum absolute atomic E-state index is 6.34. The van der Waals surface area contributed by atoms with E-state index in [0.29, 0.717) is 24.0 Å². The molecule has 3 unspecified atom stereocenters. The predicted octanol–water partition coefficient (Wildman–Crippen LogP) is 3.85. The Labute approximate surface area is 114 Å². The van der Waals surface area contributed by atoms with Crippen molar-refractivity contribution in [3.63, 3.8) is 0 Å². The lowest BCUT2D eigenvalue weighted by atomic mass is 9.88. The first-order valence-corrected chi connectivity index (χ1v) is 7.85. The molecule has 108 valence electrons. The molecule has 1 fully saturated rings. The lowest BCUT2D eigenvalue weighted by Gasteiger charge is -2.32. The van der Waals surface area contributed by atoms with Crippen molar-refractivity contribution in [3.8, 4) is 0 Å². The maximum Gasteiger partial charge on any atom is 0.0726 e. The minimum Gasteiger partial charge on any atom is -0.373 e. The SMILES string of the molecule is CC(C)CNCC(OC1CCCC(C)C1)C(C)C. The zero-order valence-corrected chi connectivity index (χ0v) is 13.0. The molecule has 0 aromatic carbocycles. The van der Waals surface area contributed by atoms with E-state index in [2.05, 4.69) is 39.9 Å². The average molecular weight is 255 g/mol. The van der Waals surface area contributed by atoms with E-state index >= 15 is 0 Å². The van der Waals surface area contributed by atoms with Crippen LogP contribution in [0.4, 0.5) is 0 Å². The Kier molecular flexibility index (Phi) is 7.25. The Morgan fingerprint density at radius 3 is 2.39 bits per heavy atom. The highest BCUT2D eigenvalue weighted by molar-refractivity contribution is 4.75. The summed E-state index contributed by atoms with van der Waals surface area (Å²) < 4.78 is 6.34. The van der Waals surface area contributed by atoms with Crippen LogP contribution in [0.2, 0.25) is 0 Å². The number of ether oxygens (including phenoxy) is 1. The monoisotopic (exact) mass is 255 g/mol. The van der Waals surface area contributed by atoms with Crippen LogP contribution >= 0.6 is 0 Å². The first-order valence-electron chi connectivity index (χ1n) is 7.85. The third kappa shape index (κ3) is 6.19. The van der Waals surface area contributed by atoms with Crippen LogP contribution in [-0.4, -0.2) is 25.3 Å². The van der Waals surface area contributed by atoms with Crippen LogP contribution in [0.15, 0.2) is 0 Å². The zero-order valence-electron chi connectivity index (χ0n) is 13.0. The van der Waals surface area contributed by atoms with Gasteiger partial charge in [0.1, 0.15) is 0 Å². The first kappa shape index (κ1) is 16.0. The van der Waals surface area contributed by atoms with Gasteiger partial charge in [0.2, 0.25) is 0 Å². The topological polar surface area (TPSA) is 21.3 Å². The molecule has 0 saturated heterocycles. The standard InChI is InChI=1S/C16H33NO/c1-12(2)10-17-11-16(13(3)4)18-15-8-6-7-14(5)9-15/h12-17H,6-11H2,1-5H3. The Morgan fingerprint density at radius 1 is 1.11 bits per heavy atom. The third-order valence-electron chi connectivity index (χ3n) is 3.90. The fourth-order valence-corrected chi connectivity index (χ4v) is 2.70. The molecule has 18 heavy (non-hydrogen) atoms. The molecule has 2 heteroatoms. The molecule has 1 rings (SSSR count). The molecule has 0 radical (unpaired) electrons. The quantitative estimate of drug-likeness (QED) is 0.746. The zero-order chi connectivity index (χ0) is 13.5. The minimum atomic E-state index is 0.374. The van der Waals surface area contributed by atoms with Crippen LogP contribution < -0.4 is 5.32 Å². The van der Waals surface area contributed by atoms with Gasteiger partial charge < -0.3 is 10.1 Å². The van der Waals surface area contributed by atoms with E-state index in [-0.39, 0.29) is 0 Å². The number of hydrogen-bond donors (Lipinski definition) is 1. The van der Waals surface area contributed by atoms with Gasteiger partial charge in [0, 0.05) is 6.54 Å². The molecule has 1 aliphatic carbocycles. The van der Waals surface area contributed by atoms with Crippen molar-refractivity contribution in [2.75, 3.05) is 13.1 Å². The van der Waals surface area contributed by atoms with Crippen LogP contribution in [0.1, 0.15) is 60.3 Å². The maximum atomic E-state index is 6.34. The number of nitrogens with one attached hydrogen (secondary N) is 1. The second-order valence-electron chi connectivity index (χ2n) is 6.86. The fourth-order valence-electron chi connectivity index (χ4n) is 2.70. The van der Waals surface area contributed by atoms with E-state index < -0.39 is 0 Å². The number of rotatable bonds is 7. The van der Waals surface area contributed by atoms with Crippen LogP contribution in [0.5, 0.6) is 0 Å². The second kappa shape index (κ2) is 8.16. The van der Waals surface area contributed by atoms with Gasteiger partial charge in [-0.25, -0.2) is 0 Å². The normalized spacial score (nSPS) is 26.8. The minimum absolute atomic E-state index is 0.374. The summed E-state index contributed by atoms with van der Waals surface area (Å²) in [7, 11) is 0. The van der Waals surface area contributed by atoms with Crippen molar-refractivity contribution in [2.45, 2.75) is 72.5 Å². The molecule has 0 aromatic rings. The molecule has 0 spiro atoms. The van der Waals surface area contributed by atoms with Crippen LogP contribution in [0.25, 0.3) is 0 Å². The molecular formula is C16H33NO. The van der Waals surface area contributed by atoms with Gasteiger partial charge in [-0.3, -0.25) is 0 Å². The van der Waals surface area contributed by atoms with Gasteiger partial charge in [-0.15, -0.1) is 0 Å². The van der Waals surface area contributed by atoms with Crippen molar-refractivity contribution >= 4 is 0 Å². The van der Waals surface area contributed by atoms with Crippen molar-refractivity contribution < 1.29 is 4.74 Å². The van der Waals surface area contributed by atoms with Crippen molar-refractivity contribution in [1.82, 2.24) is 5.32 Å².